The van der Waals surface area contributed by atoms with E-state index in [1.54, 1.807) is 0 Å². The van der Waals surface area contributed by atoms with E-state index in [2.05, 4.69) is 96.3 Å². The molecule has 1 atom stereocenters. The Morgan fingerprint density at radius 1 is 0.750 bits per heavy atom. The van der Waals surface area contributed by atoms with E-state index in [9.17, 15) is 0 Å². The molecule has 0 aliphatic rings. The monoisotopic (exact) mass is 365 g/mol. The Kier molecular flexibility index (Phi) is 5.86. The second kappa shape index (κ2) is 8.88. The zero-order chi connectivity index (χ0) is 19.2. The summed E-state index contributed by atoms with van der Waals surface area (Å²) >= 11 is 0. The van der Waals surface area contributed by atoms with Gasteiger partial charge in [0, 0.05) is 6.54 Å². The van der Waals surface area contributed by atoms with Crippen LogP contribution in [0.3, 0.4) is 0 Å². The van der Waals surface area contributed by atoms with Crippen molar-refractivity contribution in [1.29, 1.82) is 0 Å². The molecule has 4 aromatic rings. The second-order valence-corrected chi connectivity index (χ2v) is 6.95. The van der Waals surface area contributed by atoms with Crippen molar-refractivity contribution < 1.29 is 4.65 Å². The third-order valence-corrected chi connectivity index (χ3v) is 5.07. The summed E-state index contributed by atoms with van der Waals surface area (Å²) in [4.78, 5) is 0. The van der Waals surface area contributed by atoms with Crippen LogP contribution >= 0.6 is 0 Å². The maximum Gasteiger partial charge on any atom is 0.362 e. The molecule has 28 heavy (non-hydrogen) atoms. The molecule has 1 unspecified atom stereocenters. The molecular weight excluding hydrogens is 341 g/mol. The van der Waals surface area contributed by atoms with Crippen LogP contribution in [-0.4, -0.2) is 20.5 Å². The summed E-state index contributed by atoms with van der Waals surface area (Å²) in [7, 11) is 1.97. The van der Waals surface area contributed by atoms with Crippen LogP contribution in [0.15, 0.2) is 103 Å². The van der Waals surface area contributed by atoms with Crippen LogP contribution in [0.1, 0.15) is 11.7 Å². The van der Waals surface area contributed by atoms with Crippen LogP contribution in [0, 0.1) is 0 Å². The first kappa shape index (κ1) is 18.5. The fourth-order valence-corrected chi connectivity index (χ4v) is 3.70. The fourth-order valence-electron chi connectivity index (χ4n) is 3.70. The van der Waals surface area contributed by atoms with Gasteiger partial charge in [0.2, 0.25) is 0 Å². The highest BCUT2D eigenvalue weighted by Gasteiger charge is 2.27. The number of benzene rings is 4. The van der Waals surface area contributed by atoms with Gasteiger partial charge in [-0.1, -0.05) is 103 Å². The molecule has 0 spiro atoms. The standard InChI is InChI=1S/C25H24BNO/c1-27-19-25(21-12-4-2-5-13-21)28-26(22-15-6-3-7-16-22)24-18-10-14-20-11-8-9-17-23(20)24/h2-18,25,27H,19H2,1H3. The van der Waals surface area contributed by atoms with Crippen molar-refractivity contribution in [2.45, 2.75) is 6.10 Å². The van der Waals surface area contributed by atoms with Crippen LogP contribution in [-0.2, 0) is 4.65 Å². The minimum Gasteiger partial charge on any atom is -0.418 e. The maximum absolute atomic E-state index is 6.79. The van der Waals surface area contributed by atoms with Crippen LogP contribution in [0.2, 0.25) is 0 Å². The van der Waals surface area contributed by atoms with Crippen molar-refractivity contribution in [2.24, 2.45) is 0 Å². The van der Waals surface area contributed by atoms with Crippen LogP contribution in [0.25, 0.3) is 10.8 Å². The average molecular weight is 365 g/mol. The van der Waals surface area contributed by atoms with Gasteiger partial charge in [-0.3, -0.25) is 0 Å². The van der Waals surface area contributed by atoms with E-state index in [1.165, 1.54) is 21.8 Å². The summed E-state index contributed by atoms with van der Waals surface area (Å²) in [6, 6.07) is 35.9. The normalized spacial score (nSPS) is 12.0. The van der Waals surface area contributed by atoms with Gasteiger partial charge in [-0.25, -0.2) is 0 Å². The van der Waals surface area contributed by atoms with Crippen molar-refractivity contribution >= 4 is 28.6 Å². The van der Waals surface area contributed by atoms with E-state index < -0.39 is 0 Å². The quantitative estimate of drug-likeness (QED) is 0.501. The minimum absolute atomic E-state index is 0.0459. The van der Waals surface area contributed by atoms with Crippen molar-refractivity contribution in [3.05, 3.63) is 109 Å². The third kappa shape index (κ3) is 4.01. The van der Waals surface area contributed by atoms with Gasteiger partial charge in [-0.05, 0) is 34.3 Å². The molecule has 0 aromatic heterocycles. The highest BCUT2D eigenvalue weighted by atomic mass is 16.4. The van der Waals surface area contributed by atoms with E-state index in [0.717, 1.165) is 12.0 Å². The Morgan fingerprint density at radius 2 is 1.39 bits per heavy atom. The first-order chi connectivity index (χ1) is 13.9. The molecular formula is C25H24BNO. The highest BCUT2D eigenvalue weighted by molar-refractivity contribution is 6.82. The van der Waals surface area contributed by atoms with E-state index in [-0.39, 0.29) is 13.0 Å². The zero-order valence-electron chi connectivity index (χ0n) is 16.1. The van der Waals surface area contributed by atoms with Crippen LogP contribution < -0.4 is 16.2 Å². The summed E-state index contributed by atoms with van der Waals surface area (Å²) in [5.41, 5.74) is 3.54. The molecule has 0 fully saturated rings. The molecule has 1 N–H and O–H groups in total. The molecule has 4 rings (SSSR count). The molecule has 138 valence electrons. The van der Waals surface area contributed by atoms with Gasteiger partial charge in [0.1, 0.15) is 0 Å². The molecule has 0 saturated carbocycles. The van der Waals surface area contributed by atoms with Gasteiger partial charge < -0.3 is 9.97 Å². The molecule has 0 amide bonds. The molecule has 0 heterocycles. The van der Waals surface area contributed by atoms with Gasteiger partial charge in [-0.2, -0.15) is 0 Å². The van der Waals surface area contributed by atoms with E-state index >= 15 is 0 Å². The number of rotatable bonds is 7. The summed E-state index contributed by atoms with van der Waals surface area (Å²) in [5, 5.41) is 5.75. The van der Waals surface area contributed by atoms with Crippen molar-refractivity contribution in [3.63, 3.8) is 0 Å². The topological polar surface area (TPSA) is 21.3 Å². The SMILES string of the molecule is CNCC(OB(c1ccccc1)c1cccc2ccccc12)c1ccccc1. The summed E-state index contributed by atoms with van der Waals surface area (Å²) in [6.45, 7) is 0.601. The molecule has 3 heteroatoms. The molecule has 0 aliphatic carbocycles. The lowest BCUT2D eigenvalue weighted by Crippen LogP contribution is -2.47. The Morgan fingerprint density at radius 3 is 2.14 bits per heavy atom. The smallest absolute Gasteiger partial charge is 0.362 e. The molecule has 2 nitrogen and oxygen atoms in total. The first-order valence-corrected chi connectivity index (χ1v) is 9.74. The minimum atomic E-state index is -0.147. The highest BCUT2D eigenvalue weighted by Crippen LogP contribution is 2.19. The van der Waals surface area contributed by atoms with Gasteiger partial charge >= 0.3 is 6.92 Å². The molecule has 0 saturated heterocycles. The fraction of sp³-hybridized carbons (Fsp3) is 0.120. The van der Waals surface area contributed by atoms with Gasteiger partial charge in [0.25, 0.3) is 0 Å². The number of fused-ring (bicyclic) bond motifs is 1. The van der Waals surface area contributed by atoms with E-state index in [4.69, 9.17) is 4.65 Å². The number of likely N-dealkylation sites (N-methyl/N-ethyl adjacent to an activating group) is 1. The lowest BCUT2D eigenvalue weighted by molar-refractivity contribution is 0.213. The zero-order valence-corrected chi connectivity index (χ0v) is 16.1. The Balaban J connectivity index is 1.80. The third-order valence-electron chi connectivity index (χ3n) is 5.07. The van der Waals surface area contributed by atoms with Crippen molar-refractivity contribution in [2.75, 3.05) is 13.6 Å². The molecule has 0 radical (unpaired) electrons. The largest absolute Gasteiger partial charge is 0.418 e. The summed E-state index contributed by atoms with van der Waals surface area (Å²) in [5.74, 6) is 0. The molecule has 4 aromatic carbocycles. The lowest BCUT2D eigenvalue weighted by Gasteiger charge is -2.25. The number of hydrogen-bond donors (Lipinski definition) is 1. The Labute approximate surface area is 167 Å². The van der Waals surface area contributed by atoms with Crippen molar-refractivity contribution in [3.8, 4) is 0 Å². The van der Waals surface area contributed by atoms with Gasteiger partial charge in [0.15, 0.2) is 0 Å². The Hall–Kier alpha value is -2.88. The van der Waals surface area contributed by atoms with Crippen molar-refractivity contribution in [1.82, 2.24) is 5.32 Å². The van der Waals surface area contributed by atoms with E-state index in [0.29, 0.717) is 0 Å². The van der Waals surface area contributed by atoms with Gasteiger partial charge in [0.05, 0.1) is 6.10 Å². The average Bonchev–Trinajstić information content (AvgIpc) is 2.77. The number of hydrogen-bond acceptors (Lipinski definition) is 2. The van der Waals surface area contributed by atoms with Gasteiger partial charge in [-0.15, -0.1) is 0 Å². The first-order valence-electron chi connectivity index (χ1n) is 9.74. The number of nitrogens with one attached hydrogen (secondary N) is 1. The summed E-state index contributed by atoms with van der Waals surface area (Å²) in [6.07, 6.45) is -0.0459. The Bertz CT molecular complexity index is 1010. The summed E-state index contributed by atoms with van der Waals surface area (Å²) < 4.78 is 6.79. The van der Waals surface area contributed by atoms with E-state index in [1.807, 2.05) is 19.2 Å². The predicted molar refractivity (Wildman–Crippen MR) is 120 cm³/mol. The molecule has 0 aliphatic heterocycles. The second-order valence-electron chi connectivity index (χ2n) is 6.95. The lowest BCUT2D eigenvalue weighted by atomic mass is 9.54. The van der Waals surface area contributed by atoms with Crippen LogP contribution in [0.4, 0.5) is 0 Å². The predicted octanol–water partition coefficient (Wildman–Crippen LogP) is 3.92. The van der Waals surface area contributed by atoms with Crippen LogP contribution in [0.5, 0.6) is 0 Å². The maximum atomic E-state index is 6.79. The molecule has 0 bridgehead atoms.